The first-order valence-electron chi connectivity index (χ1n) is 10.9. The van der Waals surface area contributed by atoms with Gasteiger partial charge in [0.1, 0.15) is 5.60 Å². The highest BCUT2D eigenvalue weighted by molar-refractivity contribution is 6.74. The molecule has 0 unspecified atom stereocenters. The van der Waals surface area contributed by atoms with Crippen molar-refractivity contribution in [3.63, 3.8) is 0 Å². The lowest BCUT2D eigenvalue weighted by atomic mass is 10.0. The Kier molecular flexibility index (Phi) is 9.56. The third-order valence-electron chi connectivity index (χ3n) is 5.44. The zero-order chi connectivity index (χ0) is 26.5. The standard InChI is InChI=1S/C24H36F3NO5Si/c1-22(2,3)32-21(30)28-18(14-15-19(29)31-7)20(33-34(8,9)23(4,5)6)16-10-12-17(13-11-16)24(25,26)27/h10-15,18,20H,1-9H3,(H,28,30)/t18-,20+/m1/s1. The molecule has 0 radical (unpaired) electrons. The number of methoxy groups -OCH3 is 1. The minimum Gasteiger partial charge on any atom is -0.466 e. The van der Waals surface area contributed by atoms with Crippen LogP contribution in [0.3, 0.4) is 0 Å². The van der Waals surface area contributed by atoms with E-state index in [1.54, 1.807) is 20.8 Å². The van der Waals surface area contributed by atoms with Gasteiger partial charge in [0, 0.05) is 6.08 Å². The lowest BCUT2D eigenvalue weighted by Gasteiger charge is -2.41. The third-order valence-corrected chi connectivity index (χ3v) is 9.90. The molecule has 0 saturated heterocycles. The monoisotopic (exact) mass is 503 g/mol. The second-order valence-corrected chi connectivity index (χ2v) is 15.2. The van der Waals surface area contributed by atoms with Gasteiger partial charge in [-0.1, -0.05) is 39.0 Å². The van der Waals surface area contributed by atoms with Crippen LogP contribution in [0.4, 0.5) is 18.0 Å². The van der Waals surface area contributed by atoms with Gasteiger partial charge in [0.15, 0.2) is 8.32 Å². The average Bonchev–Trinajstić information content (AvgIpc) is 2.66. The van der Waals surface area contributed by atoms with Crippen molar-refractivity contribution in [1.82, 2.24) is 5.32 Å². The van der Waals surface area contributed by atoms with E-state index in [1.807, 2.05) is 33.9 Å². The van der Waals surface area contributed by atoms with Crippen molar-refractivity contribution in [1.29, 1.82) is 0 Å². The van der Waals surface area contributed by atoms with Gasteiger partial charge in [0.2, 0.25) is 0 Å². The van der Waals surface area contributed by atoms with Gasteiger partial charge in [-0.25, -0.2) is 9.59 Å². The van der Waals surface area contributed by atoms with E-state index in [-0.39, 0.29) is 5.04 Å². The zero-order valence-electron chi connectivity index (χ0n) is 21.3. The number of rotatable bonds is 7. The summed E-state index contributed by atoms with van der Waals surface area (Å²) in [5, 5.41) is 2.45. The molecular weight excluding hydrogens is 467 g/mol. The smallest absolute Gasteiger partial charge is 0.416 e. The molecule has 0 aliphatic rings. The van der Waals surface area contributed by atoms with Crippen LogP contribution in [0.15, 0.2) is 36.4 Å². The number of carbonyl (C=O) groups is 2. The maximum Gasteiger partial charge on any atom is 0.416 e. The Bertz CT molecular complexity index is 869. The molecule has 0 heterocycles. The third kappa shape index (κ3) is 9.13. The van der Waals surface area contributed by atoms with Crippen LogP contribution in [0.25, 0.3) is 0 Å². The quantitative estimate of drug-likeness (QED) is 0.265. The minimum absolute atomic E-state index is 0.236. The van der Waals surface area contributed by atoms with Crippen molar-refractivity contribution in [2.24, 2.45) is 0 Å². The summed E-state index contributed by atoms with van der Waals surface area (Å²) in [6.45, 7) is 15.1. The molecule has 0 aliphatic carbocycles. The molecule has 10 heteroatoms. The van der Waals surface area contributed by atoms with Gasteiger partial charge in [0.05, 0.1) is 24.8 Å². The van der Waals surface area contributed by atoms with E-state index in [2.05, 4.69) is 10.1 Å². The minimum atomic E-state index is -4.49. The van der Waals surface area contributed by atoms with Crippen LogP contribution in [0.5, 0.6) is 0 Å². The Morgan fingerprint density at radius 1 is 1.00 bits per heavy atom. The van der Waals surface area contributed by atoms with E-state index in [0.29, 0.717) is 5.56 Å². The summed E-state index contributed by atoms with van der Waals surface area (Å²) in [4.78, 5) is 24.4. The molecule has 1 N–H and O–H groups in total. The second-order valence-electron chi connectivity index (χ2n) is 10.5. The van der Waals surface area contributed by atoms with Crippen LogP contribution in [0.2, 0.25) is 18.1 Å². The van der Waals surface area contributed by atoms with Crippen molar-refractivity contribution in [2.75, 3.05) is 7.11 Å². The first-order chi connectivity index (χ1) is 15.3. The predicted molar refractivity (Wildman–Crippen MR) is 127 cm³/mol. The van der Waals surface area contributed by atoms with Crippen LogP contribution in [-0.4, -0.2) is 39.1 Å². The summed E-state index contributed by atoms with van der Waals surface area (Å²) < 4.78 is 55.9. The van der Waals surface area contributed by atoms with E-state index in [4.69, 9.17) is 9.16 Å². The molecule has 1 aromatic rings. The molecule has 0 aromatic heterocycles. The summed E-state index contributed by atoms with van der Waals surface area (Å²) in [7, 11) is -1.28. The molecule has 0 aliphatic heterocycles. The van der Waals surface area contributed by atoms with Crippen LogP contribution >= 0.6 is 0 Å². The van der Waals surface area contributed by atoms with E-state index in [0.717, 1.165) is 18.2 Å². The number of halogens is 3. The molecule has 6 nitrogen and oxygen atoms in total. The van der Waals surface area contributed by atoms with Gasteiger partial charge in [-0.15, -0.1) is 0 Å². The maximum absolute atomic E-state index is 13.1. The first-order valence-corrected chi connectivity index (χ1v) is 13.8. The van der Waals surface area contributed by atoms with Gasteiger partial charge in [-0.05, 0) is 56.6 Å². The van der Waals surface area contributed by atoms with Gasteiger partial charge in [-0.2, -0.15) is 13.2 Å². The van der Waals surface area contributed by atoms with Crippen LogP contribution < -0.4 is 5.32 Å². The number of alkyl halides is 3. The molecule has 34 heavy (non-hydrogen) atoms. The number of benzene rings is 1. The predicted octanol–water partition coefficient (Wildman–Crippen LogP) is 6.39. The molecule has 1 amide bonds. The van der Waals surface area contributed by atoms with E-state index in [1.165, 1.54) is 25.3 Å². The lowest BCUT2D eigenvalue weighted by molar-refractivity contribution is -0.137. The largest absolute Gasteiger partial charge is 0.466 e. The fourth-order valence-electron chi connectivity index (χ4n) is 2.62. The van der Waals surface area contributed by atoms with Crippen LogP contribution in [0.1, 0.15) is 58.8 Å². The first kappa shape index (κ1) is 29.7. The van der Waals surface area contributed by atoms with Gasteiger partial charge < -0.3 is 19.2 Å². The zero-order valence-corrected chi connectivity index (χ0v) is 22.3. The Balaban J connectivity index is 3.54. The summed E-state index contributed by atoms with van der Waals surface area (Å²) in [5.41, 5.74) is -1.18. The Morgan fingerprint density at radius 2 is 1.53 bits per heavy atom. The van der Waals surface area contributed by atoms with Gasteiger partial charge in [0.25, 0.3) is 0 Å². The number of nitrogens with one attached hydrogen (secondary N) is 1. The highest BCUT2D eigenvalue weighted by Gasteiger charge is 2.41. The number of hydrogen-bond donors (Lipinski definition) is 1. The summed E-state index contributed by atoms with van der Waals surface area (Å²) >= 11 is 0. The topological polar surface area (TPSA) is 73.9 Å². The fourth-order valence-corrected chi connectivity index (χ4v) is 3.89. The summed E-state index contributed by atoms with van der Waals surface area (Å²) in [6, 6.07) is 3.63. The molecule has 0 spiro atoms. The molecule has 0 saturated carbocycles. The SMILES string of the molecule is COC(=O)C=C[C@@H](NC(=O)OC(C)(C)C)[C@@H](O[Si](C)(C)C(C)(C)C)c1ccc(C(F)(F)F)cc1. The van der Waals surface area contributed by atoms with Crippen molar-refractivity contribution in [2.45, 2.75) is 83.6 Å². The maximum atomic E-state index is 13.1. The highest BCUT2D eigenvalue weighted by Crippen LogP contribution is 2.41. The van der Waals surface area contributed by atoms with Gasteiger partial charge >= 0.3 is 18.2 Å². The highest BCUT2D eigenvalue weighted by atomic mass is 28.4. The Morgan fingerprint density at radius 3 is 1.94 bits per heavy atom. The Labute approximate surface area is 201 Å². The van der Waals surface area contributed by atoms with Crippen molar-refractivity contribution in [3.8, 4) is 0 Å². The second kappa shape index (κ2) is 10.9. The fraction of sp³-hybridized carbons (Fsp3) is 0.583. The number of amides is 1. The number of esters is 1. The normalized spacial score (nSPS) is 15.1. The molecular formula is C24H36F3NO5Si. The van der Waals surface area contributed by atoms with Crippen LogP contribution in [0, 0.1) is 0 Å². The number of ether oxygens (including phenoxy) is 2. The number of carbonyl (C=O) groups excluding carboxylic acids is 2. The van der Waals surface area contributed by atoms with E-state index < -0.39 is 49.9 Å². The molecule has 0 fully saturated rings. The van der Waals surface area contributed by atoms with E-state index in [9.17, 15) is 22.8 Å². The molecule has 2 atom stereocenters. The average molecular weight is 504 g/mol. The van der Waals surface area contributed by atoms with Crippen LogP contribution in [-0.2, 0) is 24.9 Å². The molecule has 192 valence electrons. The van der Waals surface area contributed by atoms with E-state index >= 15 is 0 Å². The van der Waals surface area contributed by atoms with Gasteiger partial charge in [-0.3, -0.25) is 0 Å². The summed E-state index contributed by atoms with van der Waals surface area (Å²) in [5.74, 6) is -0.658. The molecule has 0 bridgehead atoms. The molecule has 1 rings (SSSR count). The number of alkyl carbamates (subject to hydrolysis) is 1. The number of hydrogen-bond acceptors (Lipinski definition) is 5. The van der Waals surface area contributed by atoms with Crippen molar-refractivity contribution in [3.05, 3.63) is 47.5 Å². The summed E-state index contributed by atoms with van der Waals surface area (Å²) in [6.07, 6.45) is -3.62. The lowest BCUT2D eigenvalue weighted by Crippen LogP contribution is -2.48. The van der Waals surface area contributed by atoms with Crippen molar-refractivity contribution >= 4 is 20.4 Å². The van der Waals surface area contributed by atoms with Crippen molar-refractivity contribution < 1.29 is 36.7 Å². The Hall–Kier alpha value is -2.33. The molecule has 1 aromatic carbocycles.